The first-order valence-corrected chi connectivity index (χ1v) is 12.8. The van der Waals surface area contributed by atoms with Crippen molar-refractivity contribution in [3.05, 3.63) is 108 Å². The highest BCUT2D eigenvalue weighted by Crippen LogP contribution is 2.30. The van der Waals surface area contributed by atoms with Gasteiger partial charge in [0.15, 0.2) is 0 Å². The third-order valence-corrected chi connectivity index (χ3v) is 7.12. The molecule has 0 nitrogen and oxygen atoms in total. The van der Waals surface area contributed by atoms with E-state index in [0.29, 0.717) is 0 Å². The van der Waals surface area contributed by atoms with Crippen LogP contribution >= 0.6 is 0 Å². The maximum Gasteiger partial charge on any atom is -0.0276 e. The molecule has 3 unspecified atom stereocenters. The summed E-state index contributed by atoms with van der Waals surface area (Å²) < 4.78 is 0. The van der Waals surface area contributed by atoms with Crippen LogP contribution in [0.1, 0.15) is 69.1 Å². The zero-order chi connectivity index (χ0) is 22.4. The normalized spacial score (nSPS) is 14.1. The monoisotopic (exact) mass is 426 g/mol. The van der Waals surface area contributed by atoms with Gasteiger partial charge >= 0.3 is 0 Å². The standard InChI is InChI=1S/C32H42/c1-3-28(21-22-30-15-9-5-10-16-30)26-32(24-23-31-17-11-6-12-18-31)25-27(2)19-20-29-13-7-4-8-14-29/h4-18,27-28,32H,3,19-26H2,1-2H3. The third-order valence-electron chi connectivity index (χ3n) is 7.12. The Kier molecular flexibility index (Phi) is 10.6. The maximum absolute atomic E-state index is 2.48. The van der Waals surface area contributed by atoms with E-state index in [1.165, 1.54) is 74.5 Å². The number of rotatable bonds is 14. The van der Waals surface area contributed by atoms with E-state index in [1.54, 1.807) is 0 Å². The molecule has 170 valence electrons. The molecular weight excluding hydrogens is 384 g/mol. The molecule has 3 aromatic carbocycles. The number of benzene rings is 3. The molecule has 0 fully saturated rings. The molecule has 3 aromatic rings. The van der Waals surface area contributed by atoms with Crippen molar-refractivity contribution >= 4 is 0 Å². The van der Waals surface area contributed by atoms with Crippen LogP contribution in [-0.4, -0.2) is 0 Å². The predicted octanol–water partition coefficient (Wildman–Crippen LogP) is 8.94. The lowest BCUT2D eigenvalue weighted by Crippen LogP contribution is -2.14. The summed E-state index contributed by atoms with van der Waals surface area (Å²) in [5.74, 6) is 2.43. The molecule has 0 radical (unpaired) electrons. The van der Waals surface area contributed by atoms with Crippen LogP contribution in [0.25, 0.3) is 0 Å². The van der Waals surface area contributed by atoms with Gasteiger partial charge in [-0.05, 0) is 85.8 Å². The molecule has 3 atom stereocenters. The molecule has 0 aliphatic heterocycles. The highest BCUT2D eigenvalue weighted by molar-refractivity contribution is 5.16. The van der Waals surface area contributed by atoms with Crippen molar-refractivity contribution in [2.75, 3.05) is 0 Å². The molecule has 0 amide bonds. The number of aryl methyl sites for hydroxylation is 3. The van der Waals surface area contributed by atoms with Gasteiger partial charge in [-0.1, -0.05) is 111 Å². The quantitative estimate of drug-likeness (QED) is 0.241. The van der Waals surface area contributed by atoms with Gasteiger partial charge in [0.1, 0.15) is 0 Å². The lowest BCUT2D eigenvalue weighted by atomic mass is 9.80. The third kappa shape index (κ3) is 9.03. The summed E-state index contributed by atoms with van der Waals surface area (Å²) in [5.41, 5.74) is 4.46. The second-order valence-electron chi connectivity index (χ2n) is 9.79. The van der Waals surface area contributed by atoms with Gasteiger partial charge in [0.2, 0.25) is 0 Å². The highest BCUT2D eigenvalue weighted by Gasteiger charge is 2.18. The summed E-state index contributed by atoms with van der Waals surface area (Å²) in [5, 5.41) is 0. The molecule has 0 N–H and O–H groups in total. The SMILES string of the molecule is CCC(CCc1ccccc1)CC(CCc1ccccc1)CC(C)CCc1ccccc1. The zero-order valence-electron chi connectivity index (χ0n) is 20.3. The first kappa shape index (κ1) is 24.3. The van der Waals surface area contributed by atoms with Crippen molar-refractivity contribution in [1.82, 2.24) is 0 Å². The molecule has 0 heterocycles. The van der Waals surface area contributed by atoms with Gasteiger partial charge in [0.25, 0.3) is 0 Å². The van der Waals surface area contributed by atoms with E-state index in [2.05, 4.69) is 105 Å². The number of hydrogen-bond donors (Lipinski definition) is 0. The molecule has 0 aliphatic rings. The minimum atomic E-state index is 0.780. The van der Waals surface area contributed by atoms with E-state index in [0.717, 1.165) is 17.8 Å². The maximum atomic E-state index is 2.48. The van der Waals surface area contributed by atoms with Crippen molar-refractivity contribution in [2.45, 2.75) is 71.6 Å². The van der Waals surface area contributed by atoms with Crippen molar-refractivity contribution in [3.8, 4) is 0 Å². The molecule has 0 bridgehead atoms. The summed E-state index contributed by atoms with van der Waals surface area (Å²) in [6.07, 6.45) is 11.6. The van der Waals surface area contributed by atoms with E-state index in [1.807, 2.05) is 0 Å². The van der Waals surface area contributed by atoms with Gasteiger partial charge in [-0.25, -0.2) is 0 Å². The fraction of sp³-hybridized carbons (Fsp3) is 0.438. The number of hydrogen-bond acceptors (Lipinski definition) is 0. The van der Waals surface area contributed by atoms with Gasteiger partial charge in [0, 0.05) is 0 Å². The van der Waals surface area contributed by atoms with Gasteiger partial charge in [-0.15, -0.1) is 0 Å². The molecule has 0 aromatic heterocycles. The second kappa shape index (κ2) is 13.9. The lowest BCUT2D eigenvalue weighted by Gasteiger charge is -2.26. The Morgan fingerprint density at radius 1 is 0.500 bits per heavy atom. The lowest BCUT2D eigenvalue weighted by molar-refractivity contribution is 0.277. The molecule has 0 spiro atoms. The average molecular weight is 427 g/mol. The Hall–Kier alpha value is -2.34. The summed E-state index contributed by atoms with van der Waals surface area (Å²) >= 11 is 0. The largest absolute Gasteiger partial charge is 0.0651 e. The minimum Gasteiger partial charge on any atom is -0.0651 e. The van der Waals surface area contributed by atoms with E-state index in [9.17, 15) is 0 Å². The second-order valence-corrected chi connectivity index (χ2v) is 9.79. The highest BCUT2D eigenvalue weighted by atomic mass is 14.2. The summed E-state index contributed by atoms with van der Waals surface area (Å²) in [7, 11) is 0. The molecular formula is C32H42. The fourth-order valence-electron chi connectivity index (χ4n) is 5.07. The molecule has 32 heavy (non-hydrogen) atoms. The smallest absolute Gasteiger partial charge is 0.0276 e. The van der Waals surface area contributed by atoms with Crippen LogP contribution < -0.4 is 0 Å². The Labute approximate surface area is 197 Å². The Balaban J connectivity index is 1.55. The van der Waals surface area contributed by atoms with Gasteiger partial charge in [-0.3, -0.25) is 0 Å². The first-order chi connectivity index (χ1) is 15.7. The molecule has 0 saturated carbocycles. The van der Waals surface area contributed by atoms with Gasteiger partial charge in [-0.2, -0.15) is 0 Å². The van der Waals surface area contributed by atoms with Crippen LogP contribution in [0.15, 0.2) is 91.0 Å². The van der Waals surface area contributed by atoms with Crippen molar-refractivity contribution < 1.29 is 0 Å². The predicted molar refractivity (Wildman–Crippen MR) is 140 cm³/mol. The Bertz CT molecular complexity index is 837. The topological polar surface area (TPSA) is 0 Å². The van der Waals surface area contributed by atoms with Gasteiger partial charge < -0.3 is 0 Å². The van der Waals surface area contributed by atoms with Crippen molar-refractivity contribution in [1.29, 1.82) is 0 Å². The Morgan fingerprint density at radius 3 is 1.34 bits per heavy atom. The van der Waals surface area contributed by atoms with E-state index in [-0.39, 0.29) is 0 Å². The molecule has 3 rings (SSSR count). The van der Waals surface area contributed by atoms with Crippen LogP contribution in [0.3, 0.4) is 0 Å². The summed E-state index contributed by atoms with van der Waals surface area (Å²) in [4.78, 5) is 0. The van der Waals surface area contributed by atoms with E-state index in [4.69, 9.17) is 0 Å². The van der Waals surface area contributed by atoms with Crippen LogP contribution in [0, 0.1) is 17.8 Å². The van der Waals surface area contributed by atoms with Crippen molar-refractivity contribution in [3.63, 3.8) is 0 Å². The molecule has 0 heteroatoms. The van der Waals surface area contributed by atoms with Crippen LogP contribution in [0.2, 0.25) is 0 Å². The minimum absolute atomic E-state index is 0.780. The summed E-state index contributed by atoms with van der Waals surface area (Å²) in [6.45, 7) is 4.87. The molecule has 0 saturated heterocycles. The van der Waals surface area contributed by atoms with Crippen LogP contribution in [0.4, 0.5) is 0 Å². The van der Waals surface area contributed by atoms with E-state index < -0.39 is 0 Å². The van der Waals surface area contributed by atoms with Crippen LogP contribution in [-0.2, 0) is 19.3 Å². The summed E-state index contributed by atoms with van der Waals surface area (Å²) in [6, 6.07) is 33.1. The Morgan fingerprint density at radius 2 is 0.906 bits per heavy atom. The average Bonchev–Trinajstić information content (AvgIpc) is 2.85. The van der Waals surface area contributed by atoms with Crippen molar-refractivity contribution in [2.24, 2.45) is 17.8 Å². The molecule has 0 aliphatic carbocycles. The van der Waals surface area contributed by atoms with Crippen LogP contribution in [0.5, 0.6) is 0 Å². The first-order valence-electron chi connectivity index (χ1n) is 12.8. The fourth-order valence-corrected chi connectivity index (χ4v) is 5.07. The van der Waals surface area contributed by atoms with E-state index >= 15 is 0 Å². The zero-order valence-corrected chi connectivity index (χ0v) is 20.3. The van der Waals surface area contributed by atoms with Gasteiger partial charge in [0.05, 0.1) is 0 Å².